The number of aromatic nitrogens is 3. The van der Waals surface area contributed by atoms with Gasteiger partial charge in [-0.2, -0.15) is 5.10 Å². The van der Waals surface area contributed by atoms with Crippen LogP contribution in [0.5, 0.6) is 0 Å². The maximum atomic E-state index is 11.4. The highest BCUT2D eigenvalue weighted by atomic mass is 32.2. The van der Waals surface area contributed by atoms with Gasteiger partial charge in [0.25, 0.3) is 0 Å². The number of carbonyl (C=O) groups excluding carboxylic acids is 1. The van der Waals surface area contributed by atoms with Crippen LogP contribution in [0.25, 0.3) is 5.65 Å². The van der Waals surface area contributed by atoms with E-state index >= 15 is 0 Å². The number of carbonyl (C=O) groups is 1. The summed E-state index contributed by atoms with van der Waals surface area (Å²) in [4.78, 5) is 15.2. The number of pyridine rings is 1. The van der Waals surface area contributed by atoms with Gasteiger partial charge in [-0.25, -0.2) is 17.9 Å². The number of rotatable bonds is 2. The molecule has 1 saturated heterocycles. The van der Waals surface area contributed by atoms with Gasteiger partial charge in [0.05, 0.1) is 11.5 Å². The Balaban J connectivity index is 2.07. The molecule has 0 radical (unpaired) electrons. The standard InChI is InChI=1S/C11H11N3O3S/c15-6-9-2-1-3-10-12-11(13-14(9)10)8-4-5-18(16,17)7-8/h1-3,6,8H,4-5,7H2. The minimum Gasteiger partial charge on any atom is -0.296 e. The van der Waals surface area contributed by atoms with Crippen LogP contribution < -0.4 is 0 Å². The molecule has 3 heterocycles. The van der Waals surface area contributed by atoms with Crippen LogP contribution in [0.2, 0.25) is 0 Å². The summed E-state index contributed by atoms with van der Waals surface area (Å²) in [6.45, 7) is 0. The van der Waals surface area contributed by atoms with Crippen molar-refractivity contribution in [3.05, 3.63) is 29.7 Å². The van der Waals surface area contributed by atoms with E-state index in [1.165, 1.54) is 4.52 Å². The highest BCUT2D eigenvalue weighted by Crippen LogP contribution is 2.26. The molecule has 7 heteroatoms. The number of sulfone groups is 1. The van der Waals surface area contributed by atoms with Crippen molar-refractivity contribution in [1.82, 2.24) is 14.6 Å². The average Bonchev–Trinajstić information content (AvgIpc) is 2.91. The molecule has 1 unspecified atom stereocenters. The monoisotopic (exact) mass is 265 g/mol. The topological polar surface area (TPSA) is 81.4 Å². The Morgan fingerprint density at radius 3 is 2.89 bits per heavy atom. The van der Waals surface area contributed by atoms with Crippen LogP contribution in [0.4, 0.5) is 0 Å². The van der Waals surface area contributed by atoms with Gasteiger partial charge in [-0.15, -0.1) is 0 Å². The van der Waals surface area contributed by atoms with E-state index in [9.17, 15) is 13.2 Å². The van der Waals surface area contributed by atoms with Crippen LogP contribution in [0.1, 0.15) is 28.7 Å². The van der Waals surface area contributed by atoms with E-state index in [-0.39, 0.29) is 17.4 Å². The first-order chi connectivity index (χ1) is 8.59. The van der Waals surface area contributed by atoms with Gasteiger partial charge in [-0.1, -0.05) is 6.07 Å². The van der Waals surface area contributed by atoms with Crippen LogP contribution in [-0.2, 0) is 9.84 Å². The molecule has 18 heavy (non-hydrogen) atoms. The first-order valence-corrected chi connectivity index (χ1v) is 7.42. The second kappa shape index (κ2) is 3.88. The SMILES string of the molecule is O=Cc1cccc2nc(C3CCS(=O)(=O)C3)nn12. The number of fused-ring (bicyclic) bond motifs is 1. The molecule has 1 atom stereocenters. The smallest absolute Gasteiger partial charge is 0.168 e. The molecule has 1 aliphatic heterocycles. The summed E-state index contributed by atoms with van der Waals surface area (Å²) in [7, 11) is -2.96. The van der Waals surface area contributed by atoms with Crippen molar-refractivity contribution in [3.63, 3.8) is 0 Å². The minimum atomic E-state index is -2.96. The van der Waals surface area contributed by atoms with Crippen molar-refractivity contribution in [3.8, 4) is 0 Å². The molecule has 6 nitrogen and oxygen atoms in total. The first kappa shape index (κ1) is 11.3. The second-order valence-corrected chi connectivity index (χ2v) is 6.64. The number of hydrogen-bond donors (Lipinski definition) is 0. The molecule has 0 spiro atoms. The molecule has 0 aliphatic carbocycles. The number of nitrogens with zero attached hydrogens (tertiary/aromatic N) is 3. The van der Waals surface area contributed by atoms with Gasteiger partial charge in [0.2, 0.25) is 0 Å². The number of aldehydes is 1. The lowest BCUT2D eigenvalue weighted by atomic mass is 10.1. The van der Waals surface area contributed by atoms with Crippen LogP contribution in [0.3, 0.4) is 0 Å². The summed E-state index contributed by atoms with van der Waals surface area (Å²) >= 11 is 0. The fourth-order valence-corrected chi connectivity index (χ4v) is 3.94. The molecule has 94 valence electrons. The van der Waals surface area contributed by atoms with E-state index in [1.807, 2.05) is 0 Å². The van der Waals surface area contributed by atoms with Gasteiger partial charge < -0.3 is 0 Å². The lowest BCUT2D eigenvalue weighted by Crippen LogP contribution is -2.05. The lowest BCUT2D eigenvalue weighted by Gasteiger charge is -1.99. The van der Waals surface area contributed by atoms with E-state index in [1.54, 1.807) is 18.2 Å². The van der Waals surface area contributed by atoms with E-state index in [0.717, 1.165) is 0 Å². The van der Waals surface area contributed by atoms with E-state index in [2.05, 4.69) is 10.1 Å². The van der Waals surface area contributed by atoms with E-state index < -0.39 is 9.84 Å². The zero-order chi connectivity index (χ0) is 12.8. The molecule has 0 amide bonds. The molecule has 0 aromatic carbocycles. The van der Waals surface area contributed by atoms with Crippen molar-refractivity contribution in [2.45, 2.75) is 12.3 Å². The Labute approximate surface area is 104 Å². The predicted octanol–water partition coefficient (Wildman–Crippen LogP) is 0.444. The maximum Gasteiger partial charge on any atom is 0.168 e. The molecular formula is C11H11N3O3S. The van der Waals surface area contributed by atoms with Gasteiger partial charge in [0.1, 0.15) is 5.69 Å². The van der Waals surface area contributed by atoms with Crippen LogP contribution in [-0.4, -0.2) is 40.8 Å². The van der Waals surface area contributed by atoms with Crippen molar-refractivity contribution in [2.75, 3.05) is 11.5 Å². The summed E-state index contributed by atoms with van der Waals surface area (Å²) in [5.41, 5.74) is 0.978. The highest BCUT2D eigenvalue weighted by Gasteiger charge is 2.31. The third-order valence-electron chi connectivity index (χ3n) is 3.12. The molecular weight excluding hydrogens is 254 g/mol. The van der Waals surface area contributed by atoms with Crippen LogP contribution in [0, 0.1) is 0 Å². The molecule has 3 rings (SSSR count). The molecule has 0 bridgehead atoms. The largest absolute Gasteiger partial charge is 0.296 e. The first-order valence-electron chi connectivity index (χ1n) is 5.60. The number of hydrogen-bond acceptors (Lipinski definition) is 5. The molecule has 1 aliphatic rings. The van der Waals surface area contributed by atoms with E-state index in [0.29, 0.717) is 29.9 Å². The summed E-state index contributed by atoms with van der Waals surface area (Å²) < 4.78 is 24.3. The minimum absolute atomic E-state index is 0.0975. The lowest BCUT2D eigenvalue weighted by molar-refractivity contribution is 0.111. The van der Waals surface area contributed by atoms with Gasteiger partial charge >= 0.3 is 0 Å². The van der Waals surface area contributed by atoms with Gasteiger partial charge in [0.15, 0.2) is 27.6 Å². The summed E-state index contributed by atoms with van der Waals surface area (Å²) in [6, 6.07) is 5.11. The fraction of sp³-hybridized carbons (Fsp3) is 0.364. The predicted molar refractivity (Wildman–Crippen MR) is 64.4 cm³/mol. The summed E-state index contributed by atoms with van der Waals surface area (Å²) in [6.07, 6.45) is 1.26. The Kier molecular flexibility index (Phi) is 2.44. The van der Waals surface area contributed by atoms with Crippen LogP contribution in [0.15, 0.2) is 18.2 Å². The van der Waals surface area contributed by atoms with Gasteiger partial charge in [0, 0.05) is 5.92 Å². The quantitative estimate of drug-likeness (QED) is 0.736. The Hall–Kier alpha value is -1.76. The van der Waals surface area contributed by atoms with Crippen LogP contribution >= 0.6 is 0 Å². The maximum absolute atomic E-state index is 11.4. The fourth-order valence-electron chi connectivity index (χ4n) is 2.20. The Morgan fingerprint density at radius 2 is 2.22 bits per heavy atom. The van der Waals surface area contributed by atoms with E-state index in [4.69, 9.17) is 0 Å². The summed E-state index contributed by atoms with van der Waals surface area (Å²) in [5.74, 6) is 0.633. The molecule has 2 aromatic heterocycles. The molecule has 0 saturated carbocycles. The Bertz CT molecular complexity index is 720. The zero-order valence-electron chi connectivity index (χ0n) is 9.48. The van der Waals surface area contributed by atoms with Crippen molar-refractivity contribution < 1.29 is 13.2 Å². The molecule has 0 N–H and O–H groups in total. The van der Waals surface area contributed by atoms with Gasteiger partial charge in [-0.05, 0) is 18.6 Å². The summed E-state index contributed by atoms with van der Waals surface area (Å²) in [5, 5.41) is 4.24. The Morgan fingerprint density at radius 1 is 1.39 bits per heavy atom. The highest BCUT2D eigenvalue weighted by molar-refractivity contribution is 7.91. The van der Waals surface area contributed by atoms with Gasteiger partial charge in [-0.3, -0.25) is 4.79 Å². The zero-order valence-corrected chi connectivity index (χ0v) is 10.3. The average molecular weight is 265 g/mol. The second-order valence-electron chi connectivity index (χ2n) is 4.41. The van der Waals surface area contributed by atoms with Crippen molar-refractivity contribution in [1.29, 1.82) is 0 Å². The van der Waals surface area contributed by atoms with Crippen molar-refractivity contribution in [2.24, 2.45) is 0 Å². The molecule has 2 aromatic rings. The third-order valence-corrected chi connectivity index (χ3v) is 4.89. The normalized spacial score (nSPS) is 22.3. The molecule has 1 fully saturated rings. The third kappa shape index (κ3) is 1.80. The van der Waals surface area contributed by atoms with Crippen molar-refractivity contribution >= 4 is 21.8 Å².